The maximum Gasteiger partial charge on any atom is 0.318 e. The molecule has 1 aromatic rings. The van der Waals surface area contributed by atoms with Crippen LogP contribution in [0.1, 0.15) is 25.1 Å². The summed E-state index contributed by atoms with van der Waals surface area (Å²) < 4.78 is 26.2. The zero-order valence-electron chi connectivity index (χ0n) is 9.02. The highest BCUT2D eigenvalue weighted by molar-refractivity contribution is 5.08. The van der Waals surface area contributed by atoms with Crippen LogP contribution in [0.5, 0.6) is 0 Å². The first kappa shape index (κ1) is 11.5. The Morgan fingerprint density at radius 3 is 3.00 bits per heavy atom. The third-order valence-corrected chi connectivity index (χ3v) is 3.15. The van der Waals surface area contributed by atoms with Gasteiger partial charge in [0.15, 0.2) is 0 Å². The fourth-order valence-electron chi connectivity index (χ4n) is 2.27. The van der Waals surface area contributed by atoms with Gasteiger partial charge in [0, 0.05) is 24.5 Å². The van der Waals surface area contributed by atoms with E-state index in [0.717, 1.165) is 24.0 Å². The van der Waals surface area contributed by atoms with E-state index in [0.29, 0.717) is 12.2 Å². The molecule has 1 aliphatic rings. The molecular weight excluding hydrogens is 214 g/mol. The van der Waals surface area contributed by atoms with Crippen LogP contribution in [-0.4, -0.2) is 33.8 Å². The molecule has 0 amide bonds. The zero-order valence-corrected chi connectivity index (χ0v) is 9.02. The number of aromatic nitrogens is 1. The Morgan fingerprint density at radius 1 is 1.50 bits per heavy atom. The monoisotopic (exact) mass is 230 g/mol. The van der Waals surface area contributed by atoms with Crippen LogP contribution < -0.4 is 0 Å². The third kappa shape index (κ3) is 2.25. The molecular formula is C11H16F2N2O. The smallest absolute Gasteiger partial charge is 0.318 e. The van der Waals surface area contributed by atoms with Crippen molar-refractivity contribution in [2.24, 2.45) is 0 Å². The Kier molecular flexibility index (Phi) is 3.56. The predicted molar refractivity (Wildman–Crippen MR) is 56.2 cm³/mol. The summed E-state index contributed by atoms with van der Waals surface area (Å²) in [5.41, 5.74) is 0.607. The van der Waals surface area contributed by atoms with Crippen molar-refractivity contribution in [1.29, 1.82) is 0 Å². The summed E-state index contributed by atoms with van der Waals surface area (Å²) in [6, 6.07) is 3.46. The fourth-order valence-corrected chi connectivity index (χ4v) is 2.27. The van der Waals surface area contributed by atoms with E-state index in [4.69, 9.17) is 5.11 Å². The zero-order chi connectivity index (χ0) is 11.5. The highest BCUT2D eigenvalue weighted by Crippen LogP contribution is 2.22. The Labute approximate surface area is 93.3 Å². The minimum absolute atomic E-state index is 0.107. The van der Waals surface area contributed by atoms with Gasteiger partial charge in [-0.3, -0.25) is 9.47 Å². The molecule has 1 atom stereocenters. The average molecular weight is 230 g/mol. The lowest BCUT2D eigenvalue weighted by atomic mass is 10.2. The lowest BCUT2D eigenvalue weighted by Gasteiger charge is -2.23. The Hall–Kier alpha value is -0.940. The normalized spacial score (nSPS) is 22.1. The summed E-state index contributed by atoms with van der Waals surface area (Å²) in [6.07, 6.45) is 3.37. The van der Waals surface area contributed by atoms with Crippen LogP contribution in [0.25, 0.3) is 0 Å². The minimum atomic E-state index is -2.49. The van der Waals surface area contributed by atoms with Gasteiger partial charge in [0.1, 0.15) is 0 Å². The minimum Gasteiger partial charge on any atom is -0.395 e. The van der Waals surface area contributed by atoms with Gasteiger partial charge in [-0.1, -0.05) is 0 Å². The van der Waals surface area contributed by atoms with Gasteiger partial charge in [-0.25, -0.2) is 0 Å². The second kappa shape index (κ2) is 4.93. The summed E-state index contributed by atoms with van der Waals surface area (Å²) in [4.78, 5) is 2.06. The second-order valence-corrected chi connectivity index (χ2v) is 4.13. The lowest BCUT2D eigenvalue weighted by molar-refractivity contribution is 0.0632. The van der Waals surface area contributed by atoms with Gasteiger partial charge in [-0.05, 0) is 31.5 Å². The number of aliphatic hydroxyl groups excluding tert-OH is 1. The van der Waals surface area contributed by atoms with Gasteiger partial charge in [-0.2, -0.15) is 8.78 Å². The van der Waals surface area contributed by atoms with Crippen molar-refractivity contribution in [2.45, 2.75) is 32.0 Å². The van der Waals surface area contributed by atoms with Crippen LogP contribution in [0.15, 0.2) is 18.3 Å². The molecule has 1 N–H and O–H groups in total. The molecule has 1 saturated heterocycles. The summed E-state index contributed by atoms with van der Waals surface area (Å²) in [5.74, 6) is 0. The van der Waals surface area contributed by atoms with Gasteiger partial charge < -0.3 is 5.11 Å². The molecule has 16 heavy (non-hydrogen) atoms. The van der Waals surface area contributed by atoms with E-state index in [1.807, 2.05) is 0 Å². The van der Waals surface area contributed by atoms with Gasteiger partial charge in [0.25, 0.3) is 0 Å². The largest absolute Gasteiger partial charge is 0.395 e. The van der Waals surface area contributed by atoms with E-state index in [1.165, 1.54) is 6.20 Å². The Morgan fingerprint density at radius 2 is 2.31 bits per heavy atom. The van der Waals surface area contributed by atoms with E-state index in [2.05, 4.69) is 4.90 Å². The molecule has 0 saturated carbocycles. The van der Waals surface area contributed by atoms with Gasteiger partial charge in [-0.15, -0.1) is 0 Å². The molecule has 0 aromatic carbocycles. The van der Waals surface area contributed by atoms with Crippen LogP contribution in [0.4, 0.5) is 8.78 Å². The van der Waals surface area contributed by atoms with Crippen molar-refractivity contribution in [3.63, 3.8) is 0 Å². The number of rotatable bonds is 4. The number of hydrogen-bond donors (Lipinski definition) is 1. The first-order valence-corrected chi connectivity index (χ1v) is 5.51. The standard InChI is InChI=1S/C11H16F2N2O/c12-11(13)15-6-2-3-9(15)7-14-5-1-4-10(14)8-16/h2-3,6,10-11,16H,1,4-5,7-8H2/t10-/m1/s1. The number of hydrogen-bond acceptors (Lipinski definition) is 2. The van der Waals surface area contributed by atoms with Crippen molar-refractivity contribution in [2.75, 3.05) is 13.2 Å². The van der Waals surface area contributed by atoms with Gasteiger partial charge in [0.2, 0.25) is 0 Å². The number of alkyl halides is 2. The maximum absolute atomic E-state index is 12.6. The quantitative estimate of drug-likeness (QED) is 0.855. The molecule has 2 rings (SSSR count). The van der Waals surface area contributed by atoms with Crippen molar-refractivity contribution in [3.8, 4) is 0 Å². The van der Waals surface area contributed by atoms with E-state index < -0.39 is 6.55 Å². The van der Waals surface area contributed by atoms with Crippen LogP contribution in [-0.2, 0) is 6.54 Å². The van der Waals surface area contributed by atoms with E-state index >= 15 is 0 Å². The summed E-state index contributed by atoms with van der Waals surface area (Å²) in [6.45, 7) is -1.02. The number of likely N-dealkylation sites (tertiary alicyclic amines) is 1. The fraction of sp³-hybridized carbons (Fsp3) is 0.636. The highest BCUT2D eigenvalue weighted by atomic mass is 19.3. The molecule has 1 fully saturated rings. The molecule has 90 valence electrons. The first-order valence-electron chi connectivity index (χ1n) is 5.51. The molecule has 1 aliphatic heterocycles. The summed E-state index contributed by atoms with van der Waals surface area (Å²) >= 11 is 0. The van der Waals surface area contributed by atoms with Crippen LogP contribution >= 0.6 is 0 Å². The predicted octanol–water partition coefficient (Wildman–Crippen LogP) is 1.84. The Balaban J connectivity index is 2.05. The number of halogens is 2. The molecule has 1 aromatic heterocycles. The van der Waals surface area contributed by atoms with Crippen molar-refractivity contribution in [1.82, 2.24) is 9.47 Å². The van der Waals surface area contributed by atoms with Crippen LogP contribution in [0, 0.1) is 0 Å². The van der Waals surface area contributed by atoms with Crippen LogP contribution in [0.3, 0.4) is 0 Å². The molecule has 2 heterocycles. The van der Waals surface area contributed by atoms with Gasteiger partial charge >= 0.3 is 6.55 Å². The highest BCUT2D eigenvalue weighted by Gasteiger charge is 2.24. The molecule has 5 heteroatoms. The SMILES string of the molecule is OC[C@H]1CCCN1Cc1cccn1C(F)F. The van der Waals surface area contributed by atoms with E-state index in [-0.39, 0.29) is 12.6 Å². The molecule has 3 nitrogen and oxygen atoms in total. The lowest BCUT2D eigenvalue weighted by Crippen LogP contribution is -2.32. The average Bonchev–Trinajstić information content (AvgIpc) is 2.86. The molecule has 0 unspecified atom stereocenters. The maximum atomic E-state index is 12.6. The van der Waals surface area contributed by atoms with Crippen LogP contribution in [0.2, 0.25) is 0 Å². The number of nitrogens with zero attached hydrogens (tertiary/aromatic N) is 2. The number of aliphatic hydroxyl groups is 1. The molecule has 0 spiro atoms. The van der Waals surface area contributed by atoms with Crippen molar-refractivity contribution in [3.05, 3.63) is 24.0 Å². The van der Waals surface area contributed by atoms with E-state index in [1.54, 1.807) is 12.1 Å². The molecule has 0 aliphatic carbocycles. The second-order valence-electron chi connectivity index (χ2n) is 4.13. The first-order chi connectivity index (χ1) is 7.72. The summed E-state index contributed by atoms with van der Waals surface area (Å²) in [7, 11) is 0. The molecule has 0 radical (unpaired) electrons. The summed E-state index contributed by atoms with van der Waals surface area (Å²) in [5, 5.41) is 9.15. The Bertz CT molecular complexity index is 340. The van der Waals surface area contributed by atoms with E-state index in [9.17, 15) is 8.78 Å². The van der Waals surface area contributed by atoms with Crippen molar-refractivity contribution < 1.29 is 13.9 Å². The van der Waals surface area contributed by atoms with Crippen molar-refractivity contribution >= 4 is 0 Å². The van der Waals surface area contributed by atoms with Gasteiger partial charge in [0.05, 0.1) is 6.61 Å². The molecule has 0 bridgehead atoms. The third-order valence-electron chi connectivity index (χ3n) is 3.15. The topological polar surface area (TPSA) is 28.4 Å².